The van der Waals surface area contributed by atoms with Crippen LogP contribution >= 0.6 is 0 Å². The van der Waals surface area contributed by atoms with Crippen molar-refractivity contribution in [2.45, 2.75) is 25.2 Å². The van der Waals surface area contributed by atoms with Crippen LogP contribution in [0.2, 0.25) is 0 Å². The van der Waals surface area contributed by atoms with Crippen LogP contribution in [0.15, 0.2) is 36.4 Å². The minimum absolute atomic E-state index is 0.0757. The smallest absolute Gasteiger partial charge is 0.254 e. The first kappa shape index (κ1) is 20.0. The van der Waals surface area contributed by atoms with Gasteiger partial charge in [-0.05, 0) is 42.7 Å². The fourth-order valence-electron chi connectivity index (χ4n) is 3.72. The summed E-state index contributed by atoms with van der Waals surface area (Å²) in [6.07, 6.45) is 2.94. The Hall–Kier alpha value is -2.76. The van der Waals surface area contributed by atoms with Gasteiger partial charge in [0, 0.05) is 24.6 Å². The molecule has 28 heavy (non-hydrogen) atoms. The Bertz CT molecular complexity index is 797. The molecule has 1 atom stereocenters. The minimum Gasteiger partial charge on any atom is -0.493 e. The van der Waals surface area contributed by atoms with Crippen LogP contribution in [-0.4, -0.2) is 45.2 Å². The Balaban J connectivity index is 1.87. The maximum atomic E-state index is 13.3. The molecular formula is C22H26FNO4. The first-order chi connectivity index (χ1) is 13.6. The number of amides is 1. The largest absolute Gasteiger partial charge is 0.493 e. The van der Waals surface area contributed by atoms with Gasteiger partial charge in [0.25, 0.3) is 5.91 Å². The normalized spacial score (nSPS) is 17.0. The number of hydrogen-bond acceptors (Lipinski definition) is 4. The van der Waals surface area contributed by atoms with Crippen LogP contribution in [0.3, 0.4) is 0 Å². The van der Waals surface area contributed by atoms with E-state index < -0.39 is 0 Å². The summed E-state index contributed by atoms with van der Waals surface area (Å²) in [5.74, 6) is 1.23. The van der Waals surface area contributed by atoms with Gasteiger partial charge in [-0.1, -0.05) is 18.6 Å². The van der Waals surface area contributed by atoms with Crippen molar-refractivity contribution in [1.82, 2.24) is 4.90 Å². The van der Waals surface area contributed by atoms with Gasteiger partial charge in [-0.3, -0.25) is 4.79 Å². The van der Waals surface area contributed by atoms with E-state index in [1.165, 1.54) is 33.5 Å². The highest BCUT2D eigenvalue weighted by Gasteiger charge is 2.26. The summed E-state index contributed by atoms with van der Waals surface area (Å²) >= 11 is 0. The van der Waals surface area contributed by atoms with Crippen LogP contribution in [0.1, 0.15) is 41.1 Å². The van der Waals surface area contributed by atoms with Crippen molar-refractivity contribution in [3.8, 4) is 17.2 Å². The van der Waals surface area contributed by atoms with E-state index in [0.29, 0.717) is 35.9 Å². The molecule has 0 aliphatic carbocycles. The maximum absolute atomic E-state index is 13.3. The lowest BCUT2D eigenvalue weighted by atomic mass is 9.94. The lowest BCUT2D eigenvalue weighted by Gasteiger charge is -2.25. The summed E-state index contributed by atoms with van der Waals surface area (Å²) in [7, 11) is 4.59. The Morgan fingerprint density at radius 2 is 1.64 bits per heavy atom. The summed E-state index contributed by atoms with van der Waals surface area (Å²) in [6, 6.07) is 9.95. The van der Waals surface area contributed by atoms with Gasteiger partial charge in [-0.15, -0.1) is 0 Å². The molecule has 1 fully saturated rings. The lowest BCUT2D eigenvalue weighted by molar-refractivity contribution is 0.0753. The van der Waals surface area contributed by atoms with Crippen LogP contribution in [0, 0.1) is 5.82 Å². The third kappa shape index (κ3) is 4.21. The van der Waals surface area contributed by atoms with Gasteiger partial charge in [0.2, 0.25) is 5.75 Å². The molecule has 1 aliphatic rings. The third-order valence-electron chi connectivity index (χ3n) is 5.21. The van der Waals surface area contributed by atoms with Crippen molar-refractivity contribution in [1.29, 1.82) is 0 Å². The number of halogens is 1. The highest BCUT2D eigenvalue weighted by atomic mass is 19.1. The molecule has 0 unspecified atom stereocenters. The van der Waals surface area contributed by atoms with Crippen molar-refractivity contribution in [2.24, 2.45) is 0 Å². The Labute approximate surface area is 165 Å². The predicted octanol–water partition coefficient (Wildman–Crippen LogP) is 4.26. The molecule has 0 spiro atoms. The minimum atomic E-state index is -0.247. The molecule has 0 radical (unpaired) electrons. The molecule has 1 heterocycles. The van der Waals surface area contributed by atoms with Crippen LogP contribution < -0.4 is 14.2 Å². The number of carbonyl (C=O) groups excluding carboxylic acids is 1. The van der Waals surface area contributed by atoms with Gasteiger partial charge >= 0.3 is 0 Å². The average Bonchev–Trinajstić information content (AvgIpc) is 2.99. The summed E-state index contributed by atoms with van der Waals surface area (Å²) in [5.41, 5.74) is 1.56. The van der Waals surface area contributed by atoms with E-state index in [9.17, 15) is 9.18 Å². The quantitative estimate of drug-likeness (QED) is 0.769. The third-order valence-corrected chi connectivity index (χ3v) is 5.21. The Kier molecular flexibility index (Phi) is 6.39. The molecule has 150 valence electrons. The summed E-state index contributed by atoms with van der Waals surface area (Å²) in [6.45, 7) is 1.29. The van der Waals surface area contributed by atoms with Crippen LogP contribution in [0.4, 0.5) is 4.39 Å². The van der Waals surface area contributed by atoms with Gasteiger partial charge in [0.05, 0.1) is 21.3 Å². The molecule has 3 rings (SSSR count). The van der Waals surface area contributed by atoms with E-state index in [-0.39, 0.29) is 17.6 Å². The average molecular weight is 387 g/mol. The molecule has 1 aliphatic heterocycles. The molecule has 1 amide bonds. The van der Waals surface area contributed by atoms with Crippen LogP contribution in [-0.2, 0) is 0 Å². The molecule has 0 saturated carbocycles. The van der Waals surface area contributed by atoms with E-state index in [4.69, 9.17) is 14.2 Å². The van der Waals surface area contributed by atoms with E-state index in [0.717, 1.165) is 24.8 Å². The lowest BCUT2D eigenvalue weighted by Crippen LogP contribution is -2.34. The Morgan fingerprint density at radius 1 is 1.00 bits per heavy atom. The van der Waals surface area contributed by atoms with Gasteiger partial charge in [-0.25, -0.2) is 4.39 Å². The van der Waals surface area contributed by atoms with Gasteiger partial charge in [0.1, 0.15) is 5.82 Å². The summed E-state index contributed by atoms with van der Waals surface area (Å²) in [4.78, 5) is 15.1. The first-order valence-electron chi connectivity index (χ1n) is 9.42. The SMILES string of the molecule is COc1cc(C(=O)N2CCCC[C@@H](c3ccc(F)cc3)C2)cc(OC)c1OC. The standard InChI is InChI=1S/C22H26FNO4/c1-26-19-12-17(13-20(27-2)21(19)28-3)22(25)24-11-5-4-6-16(14-24)15-7-9-18(23)10-8-15/h7-10,12-13,16H,4-6,11,14H2,1-3H3/t16-/m1/s1. The highest BCUT2D eigenvalue weighted by Crippen LogP contribution is 2.39. The zero-order valence-electron chi connectivity index (χ0n) is 16.5. The van der Waals surface area contributed by atoms with Gasteiger partial charge in [0.15, 0.2) is 11.5 Å². The maximum Gasteiger partial charge on any atom is 0.254 e. The molecule has 0 N–H and O–H groups in total. The predicted molar refractivity (Wildman–Crippen MR) is 105 cm³/mol. The second-order valence-electron chi connectivity index (χ2n) is 6.91. The molecule has 1 saturated heterocycles. The van der Waals surface area contributed by atoms with E-state index in [2.05, 4.69) is 0 Å². The summed E-state index contributed by atoms with van der Waals surface area (Å²) < 4.78 is 29.3. The molecule has 0 aromatic heterocycles. The van der Waals surface area contributed by atoms with Gasteiger partial charge in [-0.2, -0.15) is 0 Å². The van der Waals surface area contributed by atoms with Crippen LogP contribution in [0.5, 0.6) is 17.2 Å². The summed E-state index contributed by atoms with van der Waals surface area (Å²) in [5, 5.41) is 0. The molecule has 0 bridgehead atoms. The number of nitrogens with zero attached hydrogens (tertiary/aromatic N) is 1. The van der Waals surface area contributed by atoms with E-state index >= 15 is 0 Å². The Morgan fingerprint density at radius 3 is 2.21 bits per heavy atom. The van der Waals surface area contributed by atoms with Crippen molar-refractivity contribution in [2.75, 3.05) is 34.4 Å². The van der Waals surface area contributed by atoms with E-state index in [1.807, 2.05) is 17.0 Å². The van der Waals surface area contributed by atoms with Gasteiger partial charge < -0.3 is 19.1 Å². The second-order valence-corrected chi connectivity index (χ2v) is 6.91. The molecule has 6 heteroatoms. The number of methoxy groups -OCH3 is 3. The van der Waals surface area contributed by atoms with Crippen LogP contribution in [0.25, 0.3) is 0 Å². The number of carbonyl (C=O) groups is 1. The zero-order valence-corrected chi connectivity index (χ0v) is 16.5. The fraction of sp³-hybridized carbons (Fsp3) is 0.409. The second kappa shape index (κ2) is 8.95. The molecular weight excluding hydrogens is 361 g/mol. The number of hydrogen-bond donors (Lipinski definition) is 0. The number of likely N-dealkylation sites (tertiary alicyclic amines) is 1. The van der Waals surface area contributed by atoms with E-state index in [1.54, 1.807) is 12.1 Å². The van der Waals surface area contributed by atoms with Crippen molar-refractivity contribution in [3.05, 3.63) is 53.3 Å². The number of rotatable bonds is 5. The highest BCUT2D eigenvalue weighted by molar-refractivity contribution is 5.95. The fourth-order valence-corrected chi connectivity index (χ4v) is 3.72. The monoisotopic (exact) mass is 387 g/mol. The zero-order chi connectivity index (χ0) is 20.1. The van der Waals surface area contributed by atoms with Crippen molar-refractivity contribution in [3.63, 3.8) is 0 Å². The topological polar surface area (TPSA) is 48.0 Å². The number of ether oxygens (including phenoxy) is 3. The molecule has 2 aromatic carbocycles. The number of benzene rings is 2. The first-order valence-corrected chi connectivity index (χ1v) is 9.42. The molecule has 5 nitrogen and oxygen atoms in total. The van der Waals surface area contributed by atoms with Crippen molar-refractivity contribution >= 4 is 5.91 Å². The van der Waals surface area contributed by atoms with Crippen molar-refractivity contribution < 1.29 is 23.4 Å². The molecule has 2 aromatic rings.